The number of morpholine rings is 1. The second kappa shape index (κ2) is 10.9. The Balaban J connectivity index is 1.56. The normalized spacial score (nSPS) is 22.0. The van der Waals surface area contributed by atoms with E-state index in [-0.39, 0.29) is 17.4 Å². The van der Waals surface area contributed by atoms with E-state index in [0.717, 1.165) is 49.5 Å². The Morgan fingerprint density at radius 1 is 1.11 bits per heavy atom. The molecule has 198 valence electrons. The van der Waals surface area contributed by atoms with Gasteiger partial charge in [0.1, 0.15) is 5.76 Å². The lowest BCUT2D eigenvalue weighted by Crippen LogP contribution is -2.35. The molecule has 0 saturated carbocycles. The zero-order valence-corrected chi connectivity index (χ0v) is 21.7. The minimum absolute atomic E-state index is 0.0186. The van der Waals surface area contributed by atoms with Crippen LogP contribution in [-0.4, -0.2) is 64.6 Å². The lowest BCUT2D eigenvalue weighted by molar-refractivity contribution is 0.0342. The molecule has 3 aromatic rings. The maximum Gasteiger partial charge on any atom is 0.274 e. The molecule has 2 atom stereocenters. The molecule has 38 heavy (non-hydrogen) atoms. The molecule has 3 N–H and O–H groups in total. The van der Waals surface area contributed by atoms with E-state index < -0.39 is 11.5 Å². The van der Waals surface area contributed by atoms with E-state index >= 15 is 0 Å². The minimum Gasteiger partial charge on any atom is -0.508 e. The number of aromatic nitrogens is 1. The number of rotatable bonds is 7. The van der Waals surface area contributed by atoms with Crippen LogP contribution in [0.1, 0.15) is 47.1 Å². The van der Waals surface area contributed by atoms with Crippen LogP contribution in [0.4, 0.5) is 0 Å². The van der Waals surface area contributed by atoms with Gasteiger partial charge in [0.2, 0.25) is 0 Å². The summed E-state index contributed by atoms with van der Waals surface area (Å²) in [5, 5.41) is 29.1. The fourth-order valence-electron chi connectivity index (χ4n) is 5.06. The Kier molecular flexibility index (Phi) is 7.46. The van der Waals surface area contributed by atoms with E-state index in [4.69, 9.17) is 9.26 Å². The van der Waals surface area contributed by atoms with E-state index in [1.54, 1.807) is 13.0 Å². The molecule has 2 heterocycles. The molecule has 2 aliphatic rings. The quantitative estimate of drug-likeness (QED) is 0.431. The van der Waals surface area contributed by atoms with Gasteiger partial charge in [0.05, 0.1) is 30.3 Å². The van der Waals surface area contributed by atoms with Crippen molar-refractivity contribution in [2.24, 2.45) is 0 Å². The van der Waals surface area contributed by atoms with Crippen LogP contribution < -0.4 is 5.32 Å². The number of aliphatic hydroxyl groups excluding tert-OH is 1. The maximum absolute atomic E-state index is 13.0. The fraction of sp³-hybridized carbons (Fsp3) is 0.333. The van der Waals surface area contributed by atoms with Crippen molar-refractivity contribution in [1.82, 2.24) is 15.4 Å². The van der Waals surface area contributed by atoms with Gasteiger partial charge < -0.3 is 24.8 Å². The number of carbonyl (C=O) groups is 1. The second-order valence-corrected chi connectivity index (χ2v) is 9.89. The molecule has 2 aromatic carbocycles. The fourth-order valence-corrected chi connectivity index (χ4v) is 5.06. The summed E-state index contributed by atoms with van der Waals surface area (Å²) in [5.74, 6) is -0.715. The van der Waals surface area contributed by atoms with Gasteiger partial charge in [-0.25, -0.2) is 0 Å². The van der Waals surface area contributed by atoms with Crippen molar-refractivity contribution >= 4 is 11.5 Å². The van der Waals surface area contributed by atoms with Crippen LogP contribution in [0.2, 0.25) is 0 Å². The van der Waals surface area contributed by atoms with E-state index in [9.17, 15) is 15.0 Å². The highest BCUT2D eigenvalue weighted by Gasteiger charge is 2.40. The lowest BCUT2D eigenvalue weighted by Gasteiger charge is -2.31. The first-order valence-corrected chi connectivity index (χ1v) is 13.0. The zero-order chi connectivity index (χ0) is 26.7. The number of hydrogen-bond donors (Lipinski definition) is 3. The molecule has 1 aliphatic carbocycles. The van der Waals surface area contributed by atoms with Gasteiger partial charge in [0.15, 0.2) is 11.5 Å². The van der Waals surface area contributed by atoms with Gasteiger partial charge in [-0.15, -0.1) is 0 Å². The van der Waals surface area contributed by atoms with Crippen LogP contribution in [0.25, 0.3) is 16.7 Å². The average molecular weight is 516 g/mol. The first-order valence-electron chi connectivity index (χ1n) is 13.0. The van der Waals surface area contributed by atoms with Gasteiger partial charge >= 0.3 is 0 Å². The van der Waals surface area contributed by atoms with Crippen molar-refractivity contribution in [3.05, 3.63) is 95.1 Å². The highest BCUT2D eigenvalue weighted by atomic mass is 16.5. The molecule has 1 amide bonds. The Bertz CT molecular complexity index is 1340. The molecular weight excluding hydrogens is 482 g/mol. The third-order valence-electron chi connectivity index (χ3n) is 7.06. The molecule has 1 saturated heterocycles. The monoisotopic (exact) mass is 515 g/mol. The maximum atomic E-state index is 13.0. The predicted octanol–water partition coefficient (Wildman–Crippen LogP) is 4.30. The minimum atomic E-state index is -1.48. The van der Waals surface area contributed by atoms with Gasteiger partial charge in [-0.1, -0.05) is 65.8 Å². The molecule has 1 fully saturated rings. The Morgan fingerprint density at radius 3 is 2.50 bits per heavy atom. The summed E-state index contributed by atoms with van der Waals surface area (Å²) in [6, 6.07) is 17.5. The summed E-state index contributed by atoms with van der Waals surface area (Å²) < 4.78 is 11.3. The van der Waals surface area contributed by atoms with E-state index in [1.807, 2.05) is 61.5 Å². The third-order valence-corrected chi connectivity index (χ3v) is 7.06. The topological polar surface area (TPSA) is 108 Å². The second-order valence-electron chi connectivity index (χ2n) is 9.89. The van der Waals surface area contributed by atoms with Crippen molar-refractivity contribution in [2.45, 2.75) is 31.9 Å². The summed E-state index contributed by atoms with van der Waals surface area (Å²) in [5.41, 5.74) is 2.49. The number of ether oxygens (including phenoxy) is 1. The lowest BCUT2D eigenvalue weighted by atomic mass is 9.77. The molecule has 8 heteroatoms. The SMILES string of the molecule is CCNC(=O)c1noc(C2C=C(c3ccccc3)C(O)=CC2(C)O)c1-c1ccc(CN2CCOCC2)cc1. The molecular formula is C30H33N3O5. The first-order chi connectivity index (χ1) is 18.4. The van der Waals surface area contributed by atoms with Crippen molar-refractivity contribution in [3.63, 3.8) is 0 Å². The molecule has 1 aromatic heterocycles. The number of nitrogens with one attached hydrogen (secondary N) is 1. The first kappa shape index (κ1) is 25.9. The number of allylic oxidation sites excluding steroid dienone is 1. The molecule has 0 bridgehead atoms. The molecule has 8 nitrogen and oxygen atoms in total. The van der Waals surface area contributed by atoms with Crippen LogP contribution in [0.5, 0.6) is 0 Å². The van der Waals surface area contributed by atoms with Gasteiger partial charge in [-0.3, -0.25) is 9.69 Å². The molecule has 2 unspecified atom stereocenters. The largest absolute Gasteiger partial charge is 0.508 e. The summed E-state index contributed by atoms with van der Waals surface area (Å²) in [6.45, 7) is 7.97. The van der Waals surface area contributed by atoms with Crippen molar-refractivity contribution in [1.29, 1.82) is 0 Å². The highest BCUT2D eigenvalue weighted by molar-refractivity contribution is 5.99. The number of nitrogens with zero attached hydrogens (tertiary/aromatic N) is 2. The number of benzene rings is 2. The number of hydrogen-bond acceptors (Lipinski definition) is 7. The number of aliphatic hydroxyl groups is 2. The van der Waals surface area contributed by atoms with E-state index in [2.05, 4.69) is 15.4 Å². The number of amides is 1. The van der Waals surface area contributed by atoms with Crippen LogP contribution in [0.3, 0.4) is 0 Å². The summed E-state index contributed by atoms with van der Waals surface area (Å²) in [4.78, 5) is 15.3. The Labute approximate surface area is 222 Å². The summed E-state index contributed by atoms with van der Waals surface area (Å²) in [6.07, 6.45) is 3.20. The average Bonchev–Trinajstić information content (AvgIpc) is 3.35. The van der Waals surface area contributed by atoms with Crippen molar-refractivity contribution in [3.8, 4) is 11.1 Å². The molecule has 1 aliphatic heterocycles. The zero-order valence-electron chi connectivity index (χ0n) is 21.7. The predicted molar refractivity (Wildman–Crippen MR) is 145 cm³/mol. The Morgan fingerprint density at radius 2 is 1.82 bits per heavy atom. The van der Waals surface area contributed by atoms with Crippen LogP contribution in [0.15, 0.2) is 77.0 Å². The molecule has 0 radical (unpaired) electrons. The smallest absolute Gasteiger partial charge is 0.274 e. The van der Waals surface area contributed by atoms with E-state index in [1.165, 1.54) is 6.08 Å². The standard InChI is InChI=1S/C30H33N3O5/c1-3-31-29(35)27-26(22-11-9-20(10-12-22)19-33-13-15-37-16-14-33)28(38-32-27)24-17-23(21-7-5-4-6-8-21)25(34)18-30(24,2)36/h4-12,17-18,24,34,36H,3,13-16,19H2,1-2H3,(H,31,35). The van der Waals surface area contributed by atoms with Gasteiger partial charge in [0.25, 0.3) is 5.91 Å². The highest BCUT2D eigenvalue weighted by Crippen LogP contribution is 2.44. The summed E-state index contributed by atoms with van der Waals surface area (Å²) >= 11 is 0. The molecule has 5 rings (SSSR count). The third kappa shape index (κ3) is 5.29. The Hall–Kier alpha value is -3.72. The van der Waals surface area contributed by atoms with Gasteiger partial charge in [-0.05, 0) is 36.6 Å². The van der Waals surface area contributed by atoms with E-state index in [0.29, 0.717) is 23.4 Å². The van der Waals surface area contributed by atoms with Crippen LogP contribution >= 0.6 is 0 Å². The van der Waals surface area contributed by atoms with Crippen molar-refractivity contribution in [2.75, 3.05) is 32.8 Å². The van der Waals surface area contributed by atoms with Gasteiger partial charge in [-0.2, -0.15) is 0 Å². The van der Waals surface area contributed by atoms with Crippen LogP contribution in [-0.2, 0) is 11.3 Å². The van der Waals surface area contributed by atoms with Crippen molar-refractivity contribution < 1.29 is 24.3 Å². The number of carbonyl (C=O) groups excluding carboxylic acids is 1. The molecule has 0 spiro atoms. The van der Waals surface area contributed by atoms with Gasteiger partial charge in [0, 0.05) is 31.8 Å². The van der Waals surface area contributed by atoms with Crippen LogP contribution in [0, 0.1) is 0 Å². The summed E-state index contributed by atoms with van der Waals surface area (Å²) in [7, 11) is 0.